The summed E-state index contributed by atoms with van der Waals surface area (Å²) in [5.41, 5.74) is 5.36. The molecule has 1 aliphatic rings. The van der Waals surface area contributed by atoms with E-state index in [1.165, 1.54) is 0 Å². The highest BCUT2D eigenvalue weighted by molar-refractivity contribution is 6.42. The largest absolute Gasteiger partial charge is 0.370 e. The monoisotopic (exact) mass is 264 g/mol. The fraction of sp³-hybridized carbons (Fsp3) is 0.333. The summed E-state index contributed by atoms with van der Waals surface area (Å²) < 4.78 is 1.40. The summed E-state index contributed by atoms with van der Waals surface area (Å²) in [6.45, 7) is 0. The van der Waals surface area contributed by atoms with Crippen LogP contribution in [0.2, 0.25) is 0 Å². The number of nitrogens with two attached hydrogens (primary N) is 1. The van der Waals surface area contributed by atoms with Crippen LogP contribution in [-0.4, -0.2) is 26.1 Å². The summed E-state index contributed by atoms with van der Waals surface area (Å²) in [5, 5.41) is 2.50. The first-order chi connectivity index (χ1) is 6.00. The minimum absolute atomic E-state index is 0.0626. The number of aliphatic imine (C=N–C) groups is 2. The van der Waals surface area contributed by atoms with Crippen LogP contribution in [0.25, 0.3) is 0 Å². The molecule has 0 aromatic rings. The molecule has 0 saturated carbocycles. The Kier molecular flexibility index (Phi) is 3.69. The Hall–Kier alpha value is -0.140. The third kappa shape index (κ3) is 2.92. The average molecular weight is 266 g/mol. The number of rotatable bonds is 1. The summed E-state index contributed by atoms with van der Waals surface area (Å²) in [6.07, 6.45) is -0.861. The second-order valence-corrected chi connectivity index (χ2v) is 3.68. The molecule has 1 unspecified atom stereocenters. The van der Waals surface area contributed by atoms with Crippen molar-refractivity contribution in [3.8, 4) is 0 Å². The van der Waals surface area contributed by atoms with Crippen molar-refractivity contribution >= 4 is 59.0 Å². The van der Waals surface area contributed by atoms with Gasteiger partial charge in [0.25, 0.3) is 0 Å². The zero-order valence-electron chi connectivity index (χ0n) is 5.96. The van der Waals surface area contributed by atoms with E-state index in [-0.39, 0.29) is 11.9 Å². The molecule has 0 fully saturated rings. The highest BCUT2D eigenvalue weighted by atomic mass is 35.5. The number of nitrogens with zero attached hydrogens (tertiary/aromatic N) is 4. The van der Waals surface area contributed by atoms with E-state index in [9.17, 15) is 0 Å². The molecule has 1 atom stereocenters. The predicted octanol–water partition coefficient (Wildman–Crippen LogP) is 0.763. The maximum atomic E-state index is 5.39. The second-order valence-electron chi connectivity index (χ2n) is 1.93. The van der Waals surface area contributed by atoms with E-state index in [1.54, 1.807) is 0 Å². The fourth-order valence-corrected chi connectivity index (χ4v) is 0.961. The molecule has 0 aliphatic carbocycles. The standard InChI is InChI=1S/C3H4Cl4N6/c4-12(5)2-9-1(8)10-3(11-2)13(6)7/h2H,(H3,8,9,10,11). The van der Waals surface area contributed by atoms with Gasteiger partial charge in [0.05, 0.1) is 0 Å². The first-order valence-corrected chi connectivity index (χ1v) is 4.26. The Morgan fingerprint density at radius 1 is 1.23 bits per heavy atom. The Balaban J connectivity index is 2.80. The van der Waals surface area contributed by atoms with Gasteiger partial charge in [-0.25, -0.2) is 9.98 Å². The molecular formula is C3H4Cl4N6. The van der Waals surface area contributed by atoms with Crippen LogP contribution in [0.3, 0.4) is 0 Å². The van der Waals surface area contributed by atoms with Gasteiger partial charge in [-0.05, 0) is 23.6 Å². The number of hydrogen-bond donors (Lipinski definition) is 2. The molecule has 0 spiro atoms. The second kappa shape index (κ2) is 4.39. The van der Waals surface area contributed by atoms with E-state index in [0.717, 1.165) is 0 Å². The van der Waals surface area contributed by atoms with Gasteiger partial charge in [0.15, 0.2) is 5.96 Å². The zero-order valence-corrected chi connectivity index (χ0v) is 8.98. The minimum atomic E-state index is -0.861. The van der Waals surface area contributed by atoms with Crippen LogP contribution in [0.5, 0.6) is 0 Å². The molecule has 6 nitrogen and oxygen atoms in total. The van der Waals surface area contributed by atoms with Crippen LogP contribution in [-0.2, 0) is 0 Å². The van der Waals surface area contributed by atoms with Gasteiger partial charge in [0.2, 0.25) is 12.2 Å². The third-order valence-corrected chi connectivity index (χ3v) is 1.74. The lowest BCUT2D eigenvalue weighted by Crippen LogP contribution is -2.46. The summed E-state index contributed by atoms with van der Waals surface area (Å²) in [5.74, 6) is 0.153. The van der Waals surface area contributed by atoms with E-state index in [1.807, 2.05) is 0 Å². The Morgan fingerprint density at radius 2 is 1.85 bits per heavy atom. The predicted molar refractivity (Wildman–Crippen MR) is 53.1 cm³/mol. The Labute approximate surface area is 94.3 Å². The van der Waals surface area contributed by atoms with E-state index < -0.39 is 6.29 Å². The third-order valence-electron chi connectivity index (χ3n) is 1.07. The van der Waals surface area contributed by atoms with Crippen molar-refractivity contribution in [3.05, 3.63) is 0 Å². The zero-order chi connectivity index (χ0) is 10.0. The maximum Gasteiger partial charge on any atom is 0.234 e. The number of guanidine groups is 2. The van der Waals surface area contributed by atoms with E-state index in [2.05, 4.69) is 15.3 Å². The molecule has 1 aliphatic heterocycles. The highest BCUT2D eigenvalue weighted by Crippen LogP contribution is 2.14. The lowest BCUT2D eigenvalue weighted by Gasteiger charge is -2.21. The average Bonchev–Trinajstić information content (AvgIpc) is 2.03. The fourth-order valence-electron chi connectivity index (χ4n) is 0.615. The molecule has 1 rings (SSSR count). The summed E-state index contributed by atoms with van der Waals surface area (Å²) in [7, 11) is 0. The highest BCUT2D eigenvalue weighted by Gasteiger charge is 2.21. The Bertz CT molecular complexity index is 248. The molecule has 3 N–H and O–H groups in total. The van der Waals surface area contributed by atoms with Crippen LogP contribution in [0, 0.1) is 0 Å². The molecule has 0 saturated heterocycles. The number of nitrogens with one attached hydrogen (secondary N) is 1. The van der Waals surface area contributed by atoms with Gasteiger partial charge in [-0.15, -0.1) is 0 Å². The molecule has 0 amide bonds. The van der Waals surface area contributed by atoms with Crippen molar-refractivity contribution in [2.45, 2.75) is 6.29 Å². The lowest BCUT2D eigenvalue weighted by molar-refractivity contribution is 0.514. The summed E-state index contributed by atoms with van der Waals surface area (Å²) in [4.78, 5) is 7.52. The van der Waals surface area contributed by atoms with E-state index in [4.69, 9.17) is 52.8 Å². The quantitative estimate of drug-likeness (QED) is 0.687. The summed E-state index contributed by atoms with van der Waals surface area (Å²) >= 11 is 21.5. The van der Waals surface area contributed by atoms with Gasteiger partial charge in [0, 0.05) is 23.6 Å². The molecule has 13 heavy (non-hydrogen) atoms. The van der Waals surface area contributed by atoms with E-state index in [0.29, 0.717) is 7.88 Å². The minimum Gasteiger partial charge on any atom is -0.370 e. The first-order valence-electron chi connectivity index (χ1n) is 2.91. The molecule has 0 bridgehead atoms. The molecule has 10 heteroatoms. The van der Waals surface area contributed by atoms with Gasteiger partial charge in [-0.3, -0.25) is 5.32 Å². The smallest absolute Gasteiger partial charge is 0.234 e. The van der Waals surface area contributed by atoms with Crippen molar-refractivity contribution < 1.29 is 0 Å². The van der Waals surface area contributed by atoms with E-state index >= 15 is 0 Å². The maximum absolute atomic E-state index is 5.39. The van der Waals surface area contributed by atoms with Gasteiger partial charge >= 0.3 is 0 Å². The van der Waals surface area contributed by atoms with Crippen LogP contribution >= 0.6 is 47.1 Å². The summed E-state index contributed by atoms with van der Waals surface area (Å²) in [6, 6.07) is 0. The van der Waals surface area contributed by atoms with Crippen LogP contribution in [0.1, 0.15) is 0 Å². The van der Waals surface area contributed by atoms with Gasteiger partial charge in [0.1, 0.15) is 0 Å². The van der Waals surface area contributed by atoms with Crippen molar-refractivity contribution in [3.63, 3.8) is 0 Å². The van der Waals surface area contributed by atoms with Crippen LogP contribution < -0.4 is 11.1 Å². The van der Waals surface area contributed by atoms with Crippen molar-refractivity contribution in [2.75, 3.05) is 0 Å². The van der Waals surface area contributed by atoms with Crippen molar-refractivity contribution in [1.82, 2.24) is 13.2 Å². The van der Waals surface area contributed by atoms with Crippen molar-refractivity contribution in [1.29, 1.82) is 0 Å². The van der Waals surface area contributed by atoms with Gasteiger partial charge < -0.3 is 5.73 Å². The van der Waals surface area contributed by atoms with Crippen molar-refractivity contribution in [2.24, 2.45) is 15.7 Å². The molecule has 0 aromatic heterocycles. The molecule has 0 aromatic carbocycles. The first kappa shape index (κ1) is 10.9. The molecule has 74 valence electrons. The lowest BCUT2D eigenvalue weighted by atomic mass is 10.7. The van der Waals surface area contributed by atoms with Crippen LogP contribution in [0.4, 0.5) is 0 Å². The Morgan fingerprint density at radius 3 is 2.31 bits per heavy atom. The number of hydrogen-bond acceptors (Lipinski definition) is 6. The topological polar surface area (TPSA) is 69.2 Å². The van der Waals surface area contributed by atoms with Gasteiger partial charge in [-0.2, -0.15) is 3.94 Å². The normalized spacial score (nSPS) is 22.1. The number of halogens is 4. The molecular weight excluding hydrogens is 262 g/mol. The van der Waals surface area contributed by atoms with Crippen LogP contribution in [0.15, 0.2) is 9.98 Å². The SMILES string of the molecule is NC1=NC(N(Cl)Cl)N=C(N(Cl)Cl)N1. The molecule has 0 radical (unpaired) electrons. The molecule has 1 heterocycles. The van der Waals surface area contributed by atoms with Gasteiger partial charge in [-0.1, -0.05) is 3.94 Å².